The third-order valence-corrected chi connectivity index (χ3v) is 14.4. The smallest absolute Gasteiger partial charge is 0.119 e. The van der Waals surface area contributed by atoms with Gasteiger partial charge >= 0.3 is 0 Å². The van der Waals surface area contributed by atoms with Crippen molar-refractivity contribution in [3.63, 3.8) is 0 Å². The van der Waals surface area contributed by atoms with E-state index in [-0.39, 0.29) is 0 Å². The number of benzene rings is 6. The van der Waals surface area contributed by atoms with Gasteiger partial charge in [-0.2, -0.15) is 0 Å². The van der Waals surface area contributed by atoms with Crippen molar-refractivity contribution in [1.82, 2.24) is 18.9 Å². The molecule has 0 atom stereocenters. The molecule has 8 nitrogen and oxygen atoms in total. The second-order valence-electron chi connectivity index (χ2n) is 17.8. The van der Waals surface area contributed by atoms with Gasteiger partial charge in [-0.15, -0.1) is 0 Å². The summed E-state index contributed by atoms with van der Waals surface area (Å²) in [6.45, 7) is 13.4. The van der Waals surface area contributed by atoms with Crippen LogP contribution in [0.4, 0.5) is 11.4 Å². The van der Waals surface area contributed by atoms with E-state index >= 15 is 0 Å². The van der Waals surface area contributed by atoms with E-state index in [9.17, 15) is 0 Å². The van der Waals surface area contributed by atoms with E-state index in [1.54, 1.807) is 14.2 Å². The van der Waals surface area contributed by atoms with Crippen LogP contribution in [0, 0.1) is 25.7 Å². The lowest BCUT2D eigenvalue weighted by Crippen LogP contribution is -2.42. The molecule has 8 aromatic rings. The van der Waals surface area contributed by atoms with E-state index in [1.807, 2.05) is 0 Å². The van der Waals surface area contributed by atoms with E-state index < -0.39 is 0 Å². The molecule has 2 saturated heterocycles. The highest BCUT2D eigenvalue weighted by atomic mass is 16.5. The molecule has 310 valence electrons. The molecule has 0 saturated carbocycles. The van der Waals surface area contributed by atoms with Crippen LogP contribution in [-0.4, -0.2) is 85.5 Å². The van der Waals surface area contributed by atoms with Crippen LogP contribution < -0.4 is 20.1 Å². The Balaban J connectivity index is 0.707. The van der Waals surface area contributed by atoms with E-state index in [4.69, 9.17) is 9.47 Å². The van der Waals surface area contributed by atoms with Gasteiger partial charge in [0.15, 0.2) is 0 Å². The first-order valence-corrected chi connectivity index (χ1v) is 22.2. The average molecular weight is 801 g/mol. The molecule has 0 unspecified atom stereocenters. The number of likely N-dealkylation sites (tertiary alicyclic amines) is 2. The molecular formula is C52H60N6O2. The molecule has 0 amide bonds. The Morgan fingerprint density at radius 1 is 0.517 bits per heavy atom. The zero-order valence-electron chi connectivity index (χ0n) is 36.3. The monoisotopic (exact) mass is 800 g/mol. The highest BCUT2D eigenvalue weighted by Crippen LogP contribution is 2.41. The highest BCUT2D eigenvalue weighted by molar-refractivity contribution is 6.23. The van der Waals surface area contributed by atoms with Crippen LogP contribution in [0.3, 0.4) is 0 Å². The normalized spacial score (nSPS) is 16.3. The Labute approximate surface area is 354 Å². The topological polar surface area (TPSA) is 58.9 Å². The molecule has 2 fully saturated rings. The van der Waals surface area contributed by atoms with E-state index in [0.29, 0.717) is 0 Å². The fraction of sp³-hybridized carbons (Fsp3) is 0.385. The average Bonchev–Trinajstić information content (AvgIpc) is 3.75. The Hall–Kier alpha value is -5.44. The fourth-order valence-corrected chi connectivity index (χ4v) is 11.2. The molecule has 2 aromatic heterocycles. The lowest BCUT2D eigenvalue weighted by atomic mass is 9.79. The molecule has 2 N–H and O–H groups in total. The van der Waals surface area contributed by atoms with E-state index in [1.165, 1.54) is 140 Å². The first-order valence-electron chi connectivity index (χ1n) is 22.2. The molecule has 0 bridgehead atoms. The Morgan fingerprint density at radius 3 is 1.33 bits per heavy atom. The predicted octanol–water partition coefficient (Wildman–Crippen LogP) is 10.9. The van der Waals surface area contributed by atoms with Gasteiger partial charge in [-0.05, 0) is 183 Å². The molecule has 2 aliphatic rings. The summed E-state index contributed by atoms with van der Waals surface area (Å²) >= 11 is 0. The summed E-state index contributed by atoms with van der Waals surface area (Å²) in [6, 6.07) is 31.3. The largest absolute Gasteiger partial charge is 0.497 e. The van der Waals surface area contributed by atoms with Crippen LogP contribution in [-0.2, 0) is 14.1 Å². The summed E-state index contributed by atoms with van der Waals surface area (Å²) in [5, 5.41) is 17.9. The number of aromatic nitrogens is 2. The van der Waals surface area contributed by atoms with Crippen molar-refractivity contribution in [3.8, 4) is 11.5 Å². The van der Waals surface area contributed by atoms with Crippen molar-refractivity contribution in [3.05, 3.63) is 96.1 Å². The number of hydrogen-bond acceptors (Lipinski definition) is 6. The lowest BCUT2D eigenvalue weighted by Gasteiger charge is -2.40. The minimum absolute atomic E-state index is 0.868. The highest BCUT2D eigenvalue weighted by Gasteiger charge is 2.29. The van der Waals surface area contributed by atoms with Gasteiger partial charge in [0.2, 0.25) is 0 Å². The van der Waals surface area contributed by atoms with Crippen LogP contribution in [0.15, 0.2) is 84.9 Å². The maximum atomic E-state index is 5.63. The summed E-state index contributed by atoms with van der Waals surface area (Å²) in [6.07, 6.45) is 5.34. The van der Waals surface area contributed by atoms with Gasteiger partial charge in [-0.3, -0.25) is 0 Å². The molecule has 0 radical (unpaired) electrons. The SMILES string of the molecule is COc1ccc2c(c1)c1c3cc(NCCN4CCC(C5CCN(CCNc6ccc7cc(C)c8c(c7c6)c6cc(OC)ccc6n8C)CC5)CC4)ccc3cc(C)c1n2C. The van der Waals surface area contributed by atoms with Crippen molar-refractivity contribution >= 4 is 76.5 Å². The molecule has 60 heavy (non-hydrogen) atoms. The van der Waals surface area contributed by atoms with Gasteiger partial charge in [0.1, 0.15) is 11.5 Å². The first-order chi connectivity index (χ1) is 29.3. The minimum Gasteiger partial charge on any atom is -0.497 e. The van der Waals surface area contributed by atoms with Gasteiger partial charge in [-0.1, -0.05) is 12.1 Å². The van der Waals surface area contributed by atoms with Gasteiger partial charge in [0, 0.05) is 84.2 Å². The van der Waals surface area contributed by atoms with E-state index in [0.717, 1.165) is 49.5 Å². The zero-order valence-corrected chi connectivity index (χ0v) is 36.3. The van der Waals surface area contributed by atoms with Crippen LogP contribution in [0.25, 0.3) is 65.2 Å². The number of anilines is 2. The second kappa shape index (κ2) is 15.9. The van der Waals surface area contributed by atoms with Gasteiger partial charge in [-0.25, -0.2) is 0 Å². The van der Waals surface area contributed by atoms with E-state index in [2.05, 4.69) is 142 Å². The minimum atomic E-state index is 0.868. The lowest BCUT2D eigenvalue weighted by molar-refractivity contribution is 0.0996. The van der Waals surface area contributed by atoms with Crippen molar-refractivity contribution in [2.24, 2.45) is 25.9 Å². The molecule has 8 heteroatoms. The first kappa shape index (κ1) is 38.7. The Bertz CT molecular complexity index is 2690. The predicted molar refractivity (Wildman–Crippen MR) is 254 cm³/mol. The number of rotatable bonds is 11. The second-order valence-corrected chi connectivity index (χ2v) is 17.8. The van der Waals surface area contributed by atoms with Crippen molar-refractivity contribution in [2.45, 2.75) is 39.5 Å². The molecule has 10 rings (SSSR count). The number of hydrogen-bond donors (Lipinski definition) is 2. The number of piperidine rings is 2. The maximum absolute atomic E-state index is 5.63. The number of nitrogens with zero attached hydrogens (tertiary/aromatic N) is 4. The number of aryl methyl sites for hydroxylation is 4. The third kappa shape index (κ3) is 6.88. The molecule has 2 aliphatic heterocycles. The molecule has 0 spiro atoms. The summed E-state index contributed by atoms with van der Waals surface area (Å²) in [5.41, 5.74) is 10.1. The van der Waals surface area contributed by atoms with Crippen molar-refractivity contribution in [1.29, 1.82) is 0 Å². The summed E-state index contributed by atoms with van der Waals surface area (Å²) in [5.74, 6) is 3.53. The quantitative estimate of drug-likeness (QED) is 0.136. The standard InChI is InChI=1S/C52H60N6O2/c1-33-27-37-7-9-39(29-43(37)49-45-31-41(59-5)11-13-47(45)55(3)51(33)49)53-19-25-57-21-15-35(16-22-57)36-17-23-58(24-18-36)26-20-54-40-10-8-38-28-34(2)52-50(44(38)30-40)46-32-42(60-6)12-14-48(46)56(52)4/h7-14,27-32,35-36,53-54H,15-26H2,1-6H3. The molecule has 6 aromatic carbocycles. The van der Waals surface area contributed by atoms with Crippen LogP contribution in [0.1, 0.15) is 36.8 Å². The zero-order chi connectivity index (χ0) is 41.1. The van der Waals surface area contributed by atoms with Crippen LogP contribution in [0.5, 0.6) is 11.5 Å². The van der Waals surface area contributed by atoms with Gasteiger partial charge in [0.25, 0.3) is 0 Å². The summed E-state index contributed by atoms with van der Waals surface area (Å²) in [4.78, 5) is 5.36. The third-order valence-electron chi connectivity index (χ3n) is 14.4. The Kier molecular flexibility index (Phi) is 10.2. The Morgan fingerprint density at radius 2 is 0.933 bits per heavy atom. The van der Waals surface area contributed by atoms with Gasteiger partial charge in [0.05, 0.1) is 25.3 Å². The fourth-order valence-electron chi connectivity index (χ4n) is 11.2. The molecular weight excluding hydrogens is 741 g/mol. The van der Waals surface area contributed by atoms with Crippen LogP contribution in [0.2, 0.25) is 0 Å². The maximum Gasteiger partial charge on any atom is 0.119 e. The molecule has 4 heterocycles. The summed E-state index contributed by atoms with van der Waals surface area (Å²) < 4.78 is 15.9. The van der Waals surface area contributed by atoms with Crippen LogP contribution >= 0.6 is 0 Å². The number of ether oxygens (including phenoxy) is 2. The van der Waals surface area contributed by atoms with Crippen molar-refractivity contribution in [2.75, 3.05) is 77.2 Å². The number of nitrogens with one attached hydrogen (secondary N) is 2. The number of fused-ring (bicyclic) bond motifs is 10. The summed E-state index contributed by atoms with van der Waals surface area (Å²) in [7, 11) is 7.86. The van der Waals surface area contributed by atoms with Crippen molar-refractivity contribution < 1.29 is 9.47 Å². The molecule has 0 aliphatic carbocycles. The van der Waals surface area contributed by atoms with Gasteiger partial charge < -0.3 is 39.0 Å². The number of methoxy groups -OCH3 is 2.